The van der Waals surface area contributed by atoms with Crippen molar-refractivity contribution in [1.82, 2.24) is 19.8 Å². The lowest BCUT2D eigenvalue weighted by molar-refractivity contribution is -0.111. The number of piperidine rings is 1. The van der Waals surface area contributed by atoms with Gasteiger partial charge in [0.1, 0.15) is 17.9 Å². The van der Waals surface area contributed by atoms with Crippen LogP contribution in [0.1, 0.15) is 18.4 Å². The summed E-state index contributed by atoms with van der Waals surface area (Å²) in [5.74, 6) is 0.934. The average Bonchev–Trinajstić information content (AvgIpc) is 3.05. The van der Waals surface area contributed by atoms with Crippen molar-refractivity contribution < 1.29 is 9.53 Å². The van der Waals surface area contributed by atoms with Crippen LogP contribution in [0.5, 0.6) is 5.75 Å². The molecule has 0 spiro atoms. The van der Waals surface area contributed by atoms with Gasteiger partial charge in [-0.15, -0.1) is 0 Å². The zero-order chi connectivity index (χ0) is 30.3. The van der Waals surface area contributed by atoms with Gasteiger partial charge in [0, 0.05) is 74.4 Å². The first-order valence-electron chi connectivity index (χ1n) is 14.7. The molecule has 0 aliphatic carbocycles. The van der Waals surface area contributed by atoms with Crippen LogP contribution in [0.3, 0.4) is 0 Å². The molecule has 2 fully saturated rings. The quantitative estimate of drug-likeness (QED) is 0.205. The van der Waals surface area contributed by atoms with Crippen LogP contribution in [0.15, 0.2) is 55.4 Å². The monoisotopic (exact) mass is 583 g/mol. The molecule has 2 aromatic carbocycles. The lowest BCUT2D eigenvalue weighted by Gasteiger charge is -2.43. The van der Waals surface area contributed by atoms with Gasteiger partial charge in [0.05, 0.1) is 29.9 Å². The van der Waals surface area contributed by atoms with Gasteiger partial charge < -0.3 is 35.9 Å². The second-order valence-electron chi connectivity index (χ2n) is 10.9. The lowest BCUT2D eigenvalue weighted by Crippen LogP contribution is -2.53. The normalized spacial score (nSPS) is 16.4. The van der Waals surface area contributed by atoms with E-state index in [0.717, 1.165) is 67.5 Å². The zero-order valence-electron chi connectivity index (χ0n) is 25.2. The van der Waals surface area contributed by atoms with Crippen molar-refractivity contribution in [3.63, 3.8) is 0 Å². The first-order chi connectivity index (χ1) is 20.9. The number of nitrogens with zero attached hydrogens (tertiary/aromatic N) is 5. The number of anilines is 5. The molecule has 5 rings (SSSR count). The molecule has 3 aromatic rings. The van der Waals surface area contributed by atoms with E-state index in [4.69, 9.17) is 10.1 Å². The number of carbonyl (C=O) groups is 1. The van der Waals surface area contributed by atoms with Crippen LogP contribution in [0, 0.1) is 5.41 Å². The third kappa shape index (κ3) is 6.95. The van der Waals surface area contributed by atoms with Gasteiger partial charge in [-0.2, -0.15) is 0 Å². The summed E-state index contributed by atoms with van der Waals surface area (Å²) in [7, 11) is 5.66. The molecule has 1 amide bonds. The lowest BCUT2D eigenvalue weighted by atomic mass is 10.0. The van der Waals surface area contributed by atoms with Crippen LogP contribution in [-0.4, -0.2) is 98.4 Å². The second kappa shape index (κ2) is 13.7. The van der Waals surface area contributed by atoms with E-state index >= 15 is 0 Å². The minimum Gasteiger partial charge on any atom is -0.494 e. The highest BCUT2D eigenvalue weighted by Gasteiger charge is 2.28. The smallest absolute Gasteiger partial charge is 0.247 e. The molecule has 0 atom stereocenters. The molecule has 2 aliphatic heterocycles. The Kier molecular flexibility index (Phi) is 9.53. The molecule has 1 aromatic heterocycles. The Balaban J connectivity index is 1.39. The number of hydrogen-bond donors (Lipinski definition) is 4. The maximum atomic E-state index is 12.5. The fraction of sp³-hybridized carbons (Fsp3) is 0.375. The molecular weight excluding hydrogens is 542 g/mol. The van der Waals surface area contributed by atoms with E-state index in [1.807, 2.05) is 43.4 Å². The molecule has 3 heterocycles. The molecule has 2 aliphatic rings. The van der Waals surface area contributed by atoms with Gasteiger partial charge in [0.15, 0.2) is 0 Å². The van der Waals surface area contributed by atoms with E-state index in [1.165, 1.54) is 31.5 Å². The molecule has 11 nitrogen and oxygen atoms in total. The van der Waals surface area contributed by atoms with Crippen molar-refractivity contribution in [3.05, 3.63) is 60.9 Å². The summed E-state index contributed by atoms with van der Waals surface area (Å²) in [5, 5.41) is 17.1. The van der Waals surface area contributed by atoms with Gasteiger partial charge in [0.25, 0.3) is 0 Å². The van der Waals surface area contributed by atoms with Gasteiger partial charge in [-0.05, 0) is 51.2 Å². The van der Waals surface area contributed by atoms with E-state index in [1.54, 1.807) is 7.11 Å². The van der Waals surface area contributed by atoms with E-state index in [-0.39, 0.29) is 5.91 Å². The Bertz CT molecular complexity index is 1460. The summed E-state index contributed by atoms with van der Waals surface area (Å²) in [6, 6.07) is 12.1. The van der Waals surface area contributed by atoms with E-state index in [2.05, 4.69) is 54.2 Å². The largest absolute Gasteiger partial charge is 0.494 e. The minimum atomic E-state index is -0.277. The van der Waals surface area contributed by atoms with E-state index in [9.17, 15) is 4.79 Å². The van der Waals surface area contributed by atoms with Gasteiger partial charge in [0.2, 0.25) is 5.91 Å². The standard InChI is InChI=1S/C32H41N9O2/c1-5-32(42)38-27-17-28(37-31-18-26(35-21-36-31)22-6-7-23(20-33)25(16-22)34-2)30(43-4)19-29(27)41-14-12-40(13-15-41)24-8-10-39(3)11-9-24/h5-7,16-21,24,33-34H,1,8-15H2,2-4H3,(H,38,42)(H,35,36,37). The molecular formula is C32H41N9O2. The Morgan fingerprint density at radius 2 is 1.79 bits per heavy atom. The first kappa shape index (κ1) is 30.0. The summed E-state index contributed by atoms with van der Waals surface area (Å²) >= 11 is 0. The predicted octanol–water partition coefficient (Wildman–Crippen LogP) is 4.28. The Labute approximate surface area is 253 Å². The number of aromatic nitrogens is 2. The van der Waals surface area contributed by atoms with Crippen LogP contribution >= 0.6 is 0 Å². The third-order valence-corrected chi connectivity index (χ3v) is 8.32. The molecule has 43 heavy (non-hydrogen) atoms. The summed E-state index contributed by atoms with van der Waals surface area (Å²) in [4.78, 5) is 28.7. The number of benzene rings is 2. The number of carbonyl (C=O) groups excluding carboxylic acids is 1. The highest BCUT2D eigenvalue weighted by atomic mass is 16.5. The van der Waals surface area contributed by atoms with Gasteiger partial charge in [-0.3, -0.25) is 9.69 Å². The SMILES string of the molecule is C=CC(=O)Nc1cc(Nc2cc(-c3ccc(C=N)c(NC)c3)ncn2)c(OC)cc1N1CCN(C2CCN(C)CC2)CC1. The Morgan fingerprint density at radius 3 is 2.47 bits per heavy atom. The fourth-order valence-electron chi connectivity index (χ4n) is 5.85. The van der Waals surface area contributed by atoms with Crippen molar-refractivity contribution >= 4 is 40.7 Å². The van der Waals surface area contributed by atoms with Crippen LogP contribution < -0.4 is 25.6 Å². The summed E-state index contributed by atoms with van der Waals surface area (Å²) in [6.07, 6.45) is 6.52. The molecule has 226 valence electrons. The van der Waals surface area contributed by atoms with Crippen molar-refractivity contribution in [2.75, 3.05) is 81.3 Å². The van der Waals surface area contributed by atoms with Gasteiger partial charge in [-0.1, -0.05) is 18.7 Å². The van der Waals surface area contributed by atoms with Crippen molar-refractivity contribution in [2.45, 2.75) is 18.9 Å². The van der Waals surface area contributed by atoms with Crippen molar-refractivity contribution in [2.24, 2.45) is 0 Å². The summed E-state index contributed by atoms with van der Waals surface area (Å²) in [6.45, 7) is 9.62. The third-order valence-electron chi connectivity index (χ3n) is 8.32. The molecule has 2 saturated heterocycles. The van der Waals surface area contributed by atoms with Gasteiger partial charge >= 0.3 is 0 Å². The van der Waals surface area contributed by atoms with E-state index in [0.29, 0.717) is 29.0 Å². The minimum absolute atomic E-state index is 0.277. The Morgan fingerprint density at radius 1 is 1.02 bits per heavy atom. The number of amides is 1. The number of nitrogens with one attached hydrogen (secondary N) is 4. The van der Waals surface area contributed by atoms with Crippen molar-refractivity contribution in [1.29, 1.82) is 5.41 Å². The number of hydrogen-bond acceptors (Lipinski definition) is 10. The first-order valence-corrected chi connectivity index (χ1v) is 14.7. The second-order valence-corrected chi connectivity index (χ2v) is 10.9. The Hall–Kier alpha value is -4.48. The zero-order valence-corrected chi connectivity index (χ0v) is 25.2. The van der Waals surface area contributed by atoms with Crippen LogP contribution in [0.25, 0.3) is 11.3 Å². The average molecular weight is 584 g/mol. The molecule has 4 N–H and O–H groups in total. The molecule has 0 radical (unpaired) electrons. The highest BCUT2D eigenvalue weighted by molar-refractivity contribution is 6.02. The highest BCUT2D eigenvalue weighted by Crippen LogP contribution is 2.39. The van der Waals surface area contributed by atoms with Crippen LogP contribution in [0.4, 0.5) is 28.6 Å². The maximum absolute atomic E-state index is 12.5. The molecule has 0 bridgehead atoms. The van der Waals surface area contributed by atoms with Crippen molar-refractivity contribution in [3.8, 4) is 17.0 Å². The molecule has 11 heteroatoms. The van der Waals surface area contributed by atoms with Crippen LogP contribution in [0.2, 0.25) is 0 Å². The predicted molar refractivity (Wildman–Crippen MR) is 174 cm³/mol. The van der Waals surface area contributed by atoms with E-state index < -0.39 is 0 Å². The number of likely N-dealkylation sites (tertiary alicyclic amines) is 1. The number of ether oxygens (including phenoxy) is 1. The number of rotatable bonds is 10. The summed E-state index contributed by atoms with van der Waals surface area (Å²) < 4.78 is 5.82. The summed E-state index contributed by atoms with van der Waals surface area (Å²) in [5.41, 5.74) is 5.50. The molecule has 0 unspecified atom stereocenters. The topological polar surface area (TPSA) is 122 Å². The number of methoxy groups -OCH3 is 1. The van der Waals surface area contributed by atoms with Crippen LogP contribution in [-0.2, 0) is 4.79 Å². The fourth-order valence-corrected chi connectivity index (χ4v) is 5.85. The maximum Gasteiger partial charge on any atom is 0.247 e. The number of piperazine rings is 1. The van der Waals surface area contributed by atoms with Gasteiger partial charge in [-0.25, -0.2) is 9.97 Å². The molecule has 0 saturated carbocycles.